The molecule has 0 radical (unpaired) electrons. The lowest BCUT2D eigenvalue weighted by Gasteiger charge is -2.14. The summed E-state index contributed by atoms with van der Waals surface area (Å²) in [5.74, 6) is 6.36. The molecule has 0 unspecified atom stereocenters. The SMILES string of the molecule is C=CCN(N)c1nc(-c2ccccc2C)[nH]c(=O)n1. The van der Waals surface area contributed by atoms with Crippen molar-refractivity contribution >= 4 is 5.95 Å². The Labute approximate surface area is 110 Å². The predicted octanol–water partition coefficient (Wildman–Crippen LogP) is 1.01. The number of benzene rings is 1. The molecule has 3 N–H and O–H groups in total. The van der Waals surface area contributed by atoms with Crippen LogP contribution in [0.25, 0.3) is 11.4 Å². The van der Waals surface area contributed by atoms with Crippen molar-refractivity contribution in [2.75, 3.05) is 11.6 Å². The van der Waals surface area contributed by atoms with Crippen molar-refractivity contribution in [2.45, 2.75) is 6.92 Å². The van der Waals surface area contributed by atoms with E-state index in [0.717, 1.165) is 11.1 Å². The number of aryl methyl sites for hydroxylation is 1. The fourth-order valence-electron chi connectivity index (χ4n) is 1.69. The summed E-state index contributed by atoms with van der Waals surface area (Å²) in [5, 5.41) is 1.27. The van der Waals surface area contributed by atoms with Gasteiger partial charge in [-0.25, -0.2) is 10.6 Å². The quantitative estimate of drug-likeness (QED) is 0.485. The molecule has 0 fully saturated rings. The monoisotopic (exact) mass is 257 g/mol. The third-order valence-electron chi connectivity index (χ3n) is 2.62. The molecular formula is C13H15N5O. The number of hydrogen-bond donors (Lipinski definition) is 2. The first kappa shape index (κ1) is 13.0. The summed E-state index contributed by atoms with van der Waals surface area (Å²) in [7, 11) is 0. The van der Waals surface area contributed by atoms with Gasteiger partial charge in [-0.3, -0.25) is 9.99 Å². The second-order valence-electron chi connectivity index (χ2n) is 4.06. The van der Waals surface area contributed by atoms with Crippen LogP contribution in [0.5, 0.6) is 0 Å². The number of aromatic nitrogens is 3. The number of nitrogens with zero attached hydrogens (tertiary/aromatic N) is 3. The van der Waals surface area contributed by atoms with E-state index >= 15 is 0 Å². The topological polar surface area (TPSA) is 87.9 Å². The van der Waals surface area contributed by atoms with Crippen LogP contribution in [-0.2, 0) is 0 Å². The molecule has 1 aromatic heterocycles. The summed E-state index contributed by atoms with van der Waals surface area (Å²) >= 11 is 0. The highest BCUT2D eigenvalue weighted by molar-refractivity contribution is 5.60. The zero-order valence-electron chi connectivity index (χ0n) is 10.6. The number of nitrogens with one attached hydrogen (secondary N) is 1. The van der Waals surface area contributed by atoms with Crippen molar-refractivity contribution < 1.29 is 0 Å². The molecule has 6 nitrogen and oxygen atoms in total. The van der Waals surface area contributed by atoms with Gasteiger partial charge in [0, 0.05) is 5.56 Å². The highest BCUT2D eigenvalue weighted by Crippen LogP contribution is 2.18. The second kappa shape index (κ2) is 5.45. The van der Waals surface area contributed by atoms with Gasteiger partial charge in [-0.15, -0.1) is 6.58 Å². The lowest BCUT2D eigenvalue weighted by atomic mass is 10.1. The van der Waals surface area contributed by atoms with Crippen LogP contribution in [0.1, 0.15) is 5.56 Å². The average Bonchev–Trinajstić information content (AvgIpc) is 2.39. The molecule has 19 heavy (non-hydrogen) atoms. The molecule has 0 amide bonds. The minimum Gasteiger partial charge on any atom is -0.290 e. The Balaban J connectivity index is 2.51. The van der Waals surface area contributed by atoms with Crippen molar-refractivity contribution in [3.05, 3.63) is 53.0 Å². The van der Waals surface area contributed by atoms with Gasteiger partial charge in [-0.05, 0) is 12.5 Å². The molecule has 0 bridgehead atoms. The molecule has 1 heterocycles. The third-order valence-corrected chi connectivity index (χ3v) is 2.62. The van der Waals surface area contributed by atoms with Gasteiger partial charge in [0.05, 0.1) is 6.54 Å². The van der Waals surface area contributed by atoms with Gasteiger partial charge >= 0.3 is 5.69 Å². The third kappa shape index (κ3) is 2.86. The van der Waals surface area contributed by atoms with E-state index in [0.29, 0.717) is 12.4 Å². The molecule has 0 saturated heterocycles. The van der Waals surface area contributed by atoms with E-state index in [1.807, 2.05) is 31.2 Å². The zero-order valence-corrected chi connectivity index (χ0v) is 10.6. The van der Waals surface area contributed by atoms with Crippen LogP contribution < -0.4 is 16.5 Å². The molecule has 0 aliphatic rings. The van der Waals surface area contributed by atoms with E-state index in [1.165, 1.54) is 5.01 Å². The van der Waals surface area contributed by atoms with E-state index < -0.39 is 5.69 Å². The van der Waals surface area contributed by atoms with Crippen molar-refractivity contribution in [3.63, 3.8) is 0 Å². The minimum atomic E-state index is -0.484. The fourth-order valence-corrected chi connectivity index (χ4v) is 1.69. The number of rotatable bonds is 4. The van der Waals surface area contributed by atoms with Crippen LogP contribution in [0.4, 0.5) is 5.95 Å². The molecule has 0 saturated carbocycles. The highest BCUT2D eigenvalue weighted by Gasteiger charge is 2.10. The van der Waals surface area contributed by atoms with Gasteiger partial charge in [0.25, 0.3) is 0 Å². The lowest BCUT2D eigenvalue weighted by Crippen LogP contribution is -2.34. The van der Waals surface area contributed by atoms with Gasteiger partial charge in [0.15, 0.2) is 0 Å². The molecule has 0 spiro atoms. The van der Waals surface area contributed by atoms with E-state index in [2.05, 4.69) is 21.5 Å². The van der Waals surface area contributed by atoms with E-state index in [4.69, 9.17) is 5.84 Å². The van der Waals surface area contributed by atoms with Crippen LogP contribution in [0.3, 0.4) is 0 Å². The summed E-state index contributed by atoms with van der Waals surface area (Å²) in [6.45, 7) is 5.88. The van der Waals surface area contributed by atoms with Crippen LogP contribution in [0, 0.1) is 6.92 Å². The molecule has 2 aromatic rings. The molecular weight excluding hydrogens is 242 g/mol. The van der Waals surface area contributed by atoms with E-state index in [-0.39, 0.29) is 5.95 Å². The van der Waals surface area contributed by atoms with Crippen molar-refractivity contribution in [2.24, 2.45) is 5.84 Å². The van der Waals surface area contributed by atoms with Crippen molar-refractivity contribution in [3.8, 4) is 11.4 Å². The number of hydrogen-bond acceptors (Lipinski definition) is 5. The Kier molecular flexibility index (Phi) is 3.72. The molecule has 0 atom stereocenters. The molecule has 0 aliphatic carbocycles. The molecule has 1 aromatic carbocycles. The normalized spacial score (nSPS) is 10.2. The van der Waals surface area contributed by atoms with E-state index in [1.54, 1.807) is 6.08 Å². The maximum atomic E-state index is 11.6. The Morgan fingerprint density at radius 3 is 2.84 bits per heavy atom. The van der Waals surface area contributed by atoms with Crippen molar-refractivity contribution in [1.82, 2.24) is 15.0 Å². The van der Waals surface area contributed by atoms with Crippen LogP contribution in [0.2, 0.25) is 0 Å². The van der Waals surface area contributed by atoms with Gasteiger partial charge < -0.3 is 0 Å². The predicted molar refractivity (Wildman–Crippen MR) is 74.6 cm³/mol. The maximum Gasteiger partial charge on any atom is 0.349 e. The minimum absolute atomic E-state index is 0.168. The van der Waals surface area contributed by atoms with Crippen LogP contribution in [-0.4, -0.2) is 21.5 Å². The highest BCUT2D eigenvalue weighted by atomic mass is 16.1. The second-order valence-corrected chi connectivity index (χ2v) is 4.06. The zero-order chi connectivity index (χ0) is 13.8. The number of anilines is 1. The Hall–Kier alpha value is -2.47. The molecule has 98 valence electrons. The smallest absolute Gasteiger partial charge is 0.290 e. The number of hydrazine groups is 1. The lowest BCUT2D eigenvalue weighted by molar-refractivity contribution is 0.847. The summed E-state index contributed by atoms with van der Waals surface area (Å²) < 4.78 is 0. The summed E-state index contributed by atoms with van der Waals surface area (Å²) in [5.41, 5.74) is 1.37. The van der Waals surface area contributed by atoms with Crippen molar-refractivity contribution in [1.29, 1.82) is 0 Å². The summed E-state index contributed by atoms with van der Waals surface area (Å²) in [4.78, 5) is 22.2. The summed E-state index contributed by atoms with van der Waals surface area (Å²) in [6, 6.07) is 7.63. The molecule has 0 aliphatic heterocycles. The average molecular weight is 257 g/mol. The van der Waals surface area contributed by atoms with E-state index in [9.17, 15) is 4.79 Å². The first-order chi connectivity index (χ1) is 9.11. The fraction of sp³-hybridized carbons (Fsp3) is 0.154. The van der Waals surface area contributed by atoms with Crippen LogP contribution in [0.15, 0.2) is 41.7 Å². The molecule has 2 rings (SSSR count). The first-order valence-corrected chi connectivity index (χ1v) is 5.79. The number of aromatic amines is 1. The first-order valence-electron chi connectivity index (χ1n) is 5.79. The maximum absolute atomic E-state index is 11.6. The largest absolute Gasteiger partial charge is 0.349 e. The summed E-state index contributed by atoms with van der Waals surface area (Å²) in [6.07, 6.45) is 1.61. The van der Waals surface area contributed by atoms with Gasteiger partial charge in [-0.1, -0.05) is 30.3 Å². The van der Waals surface area contributed by atoms with Crippen LogP contribution >= 0.6 is 0 Å². The van der Waals surface area contributed by atoms with Gasteiger partial charge in [-0.2, -0.15) is 9.97 Å². The van der Waals surface area contributed by atoms with Gasteiger partial charge in [0.2, 0.25) is 5.95 Å². The Morgan fingerprint density at radius 1 is 1.42 bits per heavy atom. The molecule has 6 heteroatoms. The Morgan fingerprint density at radius 2 is 2.16 bits per heavy atom. The standard InChI is InChI=1S/C13H15N5O/c1-3-8-18(14)12-15-11(16-13(19)17-12)10-7-5-4-6-9(10)2/h3-7H,1,8,14H2,2H3,(H,15,16,17,19). The number of H-pyrrole nitrogens is 1. The van der Waals surface area contributed by atoms with Gasteiger partial charge in [0.1, 0.15) is 5.82 Å². The number of nitrogens with two attached hydrogens (primary N) is 1. The Bertz CT molecular complexity index is 649.